The molecular formula is C23H28N3O2+. The zero-order valence-electron chi connectivity index (χ0n) is 16.6. The summed E-state index contributed by atoms with van der Waals surface area (Å²) in [6.07, 6.45) is 4.55. The van der Waals surface area contributed by atoms with E-state index in [4.69, 9.17) is 4.42 Å². The molecule has 28 heavy (non-hydrogen) atoms. The SMILES string of the molecule is Cc1nc2ccccc2c(C)c1CC(=O)NC[C@H](c1ccco1)[NH+]1CCCC1. The molecule has 1 aliphatic heterocycles. The van der Waals surface area contributed by atoms with Crippen molar-refractivity contribution in [3.05, 3.63) is 65.2 Å². The zero-order chi connectivity index (χ0) is 19.5. The Labute approximate surface area is 165 Å². The highest BCUT2D eigenvalue weighted by atomic mass is 16.3. The minimum absolute atomic E-state index is 0.0402. The number of carbonyl (C=O) groups is 1. The smallest absolute Gasteiger partial charge is 0.224 e. The van der Waals surface area contributed by atoms with Crippen LogP contribution in [0.1, 0.15) is 41.5 Å². The van der Waals surface area contributed by atoms with Crippen LogP contribution in [0.25, 0.3) is 10.9 Å². The van der Waals surface area contributed by atoms with Crippen molar-refractivity contribution in [3.63, 3.8) is 0 Å². The van der Waals surface area contributed by atoms with Gasteiger partial charge < -0.3 is 14.6 Å². The highest BCUT2D eigenvalue weighted by molar-refractivity contribution is 5.86. The number of pyridine rings is 1. The van der Waals surface area contributed by atoms with Crippen molar-refractivity contribution in [3.8, 4) is 0 Å². The molecule has 0 saturated carbocycles. The van der Waals surface area contributed by atoms with Gasteiger partial charge in [0.05, 0.1) is 37.8 Å². The van der Waals surface area contributed by atoms with Crippen LogP contribution in [-0.4, -0.2) is 30.5 Å². The molecule has 0 spiro atoms. The number of nitrogens with one attached hydrogen (secondary N) is 2. The molecule has 3 heterocycles. The molecule has 2 aromatic heterocycles. The largest absolute Gasteiger partial charge is 0.463 e. The Hall–Kier alpha value is -2.66. The Morgan fingerprint density at radius 3 is 2.71 bits per heavy atom. The van der Waals surface area contributed by atoms with Gasteiger partial charge in [-0.25, -0.2) is 0 Å². The number of rotatable bonds is 6. The summed E-state index contributed by atoms with van der Waals surface area (Å²) in [6, 6.07) is 12.2. The van der Waals surface area contributed by atoms with Crippen LogP contribution in [0, 0.1) is 13.8 Å². The second-order valence-electron chi connectivity index (χ2n) is 7.73. The molecule has 1 amide bonds. The fourth-order valence-electron chi connectivity index (χ4n) is 4.38. The number of carbonyl (C=O) groups excluding carboxylic acids is 1. The van der Waals surface area contributed by atoms with Gasteiger partial charge in [-0.3, -0.25) is 9.78 Å². The van der Waals surface area contributed by atoms with Gasteiger partial charge in [-0.1, -0.05) is 18.2 Å². The maximum absolute atomic E-state index is 12.8. The number of hydrogen-bond acceptors (Lipinski definition) is 3. The van der Waals surface area contributed by atoms with Crippen LogP contribution < -0.4 is 10.2 Å². The summed E-state index contributed by atoms with van der Waals surface area (Å²) < 4.78 is 5.66. The predicted molar refractivity (Wildman–Crippen MR) is 109 cm³/mol. The highest BCUT2D eigenvalue weighted by Crippen LogP contribution is 2.23. The Balaban J connectivity index is 1.47. The number of aryl methyl sites for hydroxylation is 2. The van der Waals surface area contributed by atoms with Gasteiger partial charge in [0.25, 0.3) is 0 Å². The van der Waals surface area contributed by atoms with E-state index in [-0.39, 0.29) is 11.9 Å². The fourth-order valence-corrected chi connectivity index (χ4v) is 4.38. The molecule has 1 atom stereocenters. The van der Waals surface area contributed by atoms with E-state index in [0.717, 1.165) is 46.6 Å². The Kier molecular flexibility index (Phi) is 5.44. The van der Waals surface area contributed by atoms with E-state index in [0.29, 0.717) is 13.0 Å². The van der Waals surface area contributed by atoms with Gasteiger partial charge in [-0.05, 0) is 43.2 Å². The molecule has 146 valence electrons. The van der Waals surface area contributed by atoms with E-state index >= 15 is 0 Å². The standard InChI is InChI=1S/C23H27N3O2/c1-16-18-8-3-4-9-20(18)25-17(2)19(16)14-23(27)24-15-21(22-10-7-13-28-22)26-11-5-6-12-26/h3-4,7-10,13,21H,5-6,11-12,14-15H2,1-2H3,(H,24,27)/p+1/t21-/m1/s1. The van der Waals surface area contributed by atoms with Crippen LogP contribution in [0.3, 0.4) is 0 Å². The molecule has 0 unspecified atom stereocenters. The van der Waals surface area contributed by atoms with Gasteiger partial charge in [-0.2, -0.15) is 0 Å². The molecule has 2 N–H and O–H groups in total. The van der Waals surface area contributed by atoms with Gasteiger partial charge in [-0.15, -0.1) is 0 Å². The number of para-hydroxylation sites is 1. The molecule has 1 fully saturated rings. The first-order valence-electron chi connectivity index (χ1n) is 10.1. The van der Waals surface area contributed by atoms with E-state index in [9.17, 15) is 4.79 Å². The summed E-state index contributed by atoms with van der Waals surface area (Å²) in [5.74, 6) is 0.996. The number of nitrogens with zero attached hydrogens (tertiary/aromatic N) is 1. The van der Waals surface area contributed by atoms with E-state index in [1.165, 1.54) is 17.7 Å². The first kappa shape index (κ1) is 18.7. The monoisotopic (exact) mass is 378 g/mol. The third kappa shape index (κ3) is 3.80. The van der Waals surface area contributed by atoms with Crippen LogP contribution in [0.4, 0.5) is 0 Å². The molecule has 0 radical (unpaired) electrons. The number of likely N-dealkylation sites (tertiary alicyclic amines) is 1. The van der Waals surface area contributed by atoms with Crippen molar-refractivity contribution < 1.29 is 14.1 Å². The molecule has 1 aromatic carbocycles. The van der Waals surface area contributed by atoms with Gasteiger partial charge in [0, 0.05) is 23.9 Å². The Morgan fingerprint density at radius 1 is 1.18 bits per heavy atom. The van der Waals surface area contributed by atoms with Crippen LogP contribution in [-0.2, 0) is 11.2 Å². The molecule has 3 aromatic rings. The minimum Gasteiger partial charge on any atom is -0.463 e. The summed E-state index contributed by atoms with van der Waals surface area (Å²) >= 11 is 0. The van der Waals surface area contributed by atoms with Gasteiger partial charge in [0.15, 0.2) is 11.8 Å². The van der Waals surface area contributed by atoms with Crippen LogP contribution in [0.2, 0.25) is 0 Å². The van der Waals surface area contributed by atoms with Gasteiger partial charge in [0.2, 0.25) is 5.91 Å². The van der Waals surface area contributed by atoms with Crippen molar-refractivity contribution >= 4 is 16.8 Å². The topological polar surface area (TPSA) is 59.6 Å². The number of fused-ring (bicyclic) bond motifs is 1. The fraction of sp³-hybridized carbons (Fsp3) is 0.391. The molecule has 1 saturated heterocycles. The molecule has 4 rings (SSSR count). The number of benzene rings is 1. The number of hydrogen-bond donors (Lipinski definition) is 2. The summed E-state index contributed by atoms with van der Waals surface area (Å²) in [5.41, 5.74) is 4.08. The summed E-state index contributed by atoms with van der Waals surface area (Å²) in [6.45, 7) is 6.94. The lowest BCUT2D eigenvalue weighted by molar-refractivity contribution is -0.919. The molecule has 5 heteroatoms. The average Bonchev–Trinajstić information content (AvgIpc) is 3.40. The quantitative estimate of drug-likeness (QED) is 0.693. The van der Waals surface area contributed by atoms with E-state index in [1.54, 1.807) is 6.26 Å². The summed E-state index contributed by atoms with van der Waals surface area (Å²) in [7, 11) is 0. The van der Waals surface area contributed by atoms with Crippen LogP contribution in [0.15, 0.2) is 47.1 Å². The van der Waals surface area contributed by atoms with Gasteiger partial charge >= 0.3 is 0 Å². The van der Waals surface area contributed by atoms with Crippen molar-refractivity contribution in [2.75, 3.05) is 19.6 Å². The maximum Gasteiger partial charge on any atom is 0.224 e. The van der Waals surface area contributed by atoms with Crippen molar-refractivity contribution in [1.82, 2.24) is 10.3 Å². The molecule has 0 bridgehead atoms. The minimum atomic E-state index is 0.0402. The first-order chi connectivity index (χ1) is 13.6. The van der Waals surface area contributed by atoms with Crippen molar-refractivity contribution in [2.24, 2.45) is 0 Å². The number of amides is 1. The Bertz CT molecular complexity index is 959. The highest BCUT2D eigenvalue weighted by Gasteiger charge is 2.29. The molecule has 1 aliphatic rings. The van der Waals surface area contributed by atoms with E-state index in [1.807, 2.05) is 37.3 Å². The lowest BCUT2D eigenvalue weighted by atomic mass is 9.99. The van der Waals surface area contributed by atoms with E-state index in [2.05, 4.69) is 23.3 Å². The number of quaternary nitrogens is 1. The van der Waals surface area contributed by atoms with E-state index < -0.39 is 0 Å². The second kappa shape index (κ2) is 8.15. The third-order valence-corrected chi connectivity index (χ3v) is 5.95. The summed E-state index contributed by atoms with van der Waals surface area (Å²) in [4.78, 5) is 18.9. The predicted octanol–water partition coefficient (Wildman–Crippen LogP) is 2.52. The van der Waals surface area contributed by atoms with Crippen LogP contribution in [0.5, 0.6) is 0 Å². The third-order valence-electron chi connectivity index (χ3n) is 5.95. The average molecular weight is 378 g/mol. The molecule has 5 nitrogen and oxygen atoms in total. The lowest BCUT2D eigenvalue weighted by Gasteiger charge is -2.23. The van der Waals surface area contributed by atoms with Gasteiger partial charge in [0.1, 0.15) is 0 Å². The maximum atomic E-state index is 12.8. The Morgan fingerprint density at radius 2 is 1.96 bits per heavy atom. The normalized spacial score (nSPS) is 15.8. The van der Waals surface area contributed by atoms with Crippen LogP contribution >= 0.6 is 0 Å². The number of furan rings is 1. The second-order valence-corrected chi connectivity index (χ2v) is 7.73. The molecule has 0 aliphatic carbocycles. The van der Waals surface area contributed by atoms with Crippen molar-refractivity contribution in [1.29, 1.82) is 0 Å². The zero-order valence-corrected chi connectivity index (χ0v) is 16.6. The van der Waals surface area contributed by atoms with Crippen molar-refractivity contribution in [2.45, 2.75) is 39.2 Å². The number of aromatic nitrogens is 1. The lowest BCUT2D eigenvalue weighted by Crippen LogP contribution is -3.11. The summed E-state index contributed by atoms with van der Waals surface area (Å²) in [5, 5.41) is 4.27. The molecular weight excluding hydrogens is 350 g/mol. The first-order valence-corrected chi connectivity index (χ1v) is 10.1.